The van der Waals surface area contributed by atoms with E-state index in [1.54, 1.807) is 6.08 Å². The van der Waals surface area contributed by atoms with Gasteiger partial charge >= 0.3 is 0 Å². The third kappa shape index (κ3) is 5.77. The standard InChI is InChI=1S/C14H15N.C3H6.2C2H6/c1-4-8-11-12-9-6-7-10-14(12)15(3)13(11)5-2;1-3-2;2*1-2/h4-10H,2H2,1,3H3;3H,1H2,2H3;2*1-2H3/b8-4-;;;. The van der Waals surface area contributed by atoms with E-state index in [2.05, 4.69) is 61.2 Å². The lowest BCUT2D eigenvalue weighted by atomic mass is 10.1. The summed E-state index contributed by atoms with van der Waals surface area (Å²) in [5.74, 6) is 0. The van der Waals surface area contributed by atoms with Gasteiger partial charge < -0.3 is 4.57 Å². The van der Waals surface area contributed by atoms with Gasteiger partial charge in [0.05, 0.1) is 0 Å². The van der Waals surface area contributed by atoms with Crippen LogP contribution in [0.2, 0.25) is 0 Å². The van der Waals surface area contributed by atoms with Crippen LogP contribution in [0.4, 0.5) is 0 Å². The van der Waals surface area contributed by atoms with Crippen molar-refractivity contribution in [3.05, 3.63) is 60.8 Å². The van der Waals surface area contributed by atoms with Gasteiger partial charge in [0.2, 0.25) is 0 Å². The fraction of sp³-hybridized carbons (Fsp3) is 0.333. The lowest BCUT2D eigenvalue weighted by Gasteiger charge is -1.98. The normalized spacial score (nSPS) is 8.86. The van der Waals surface area contributed by atoms with Crippen LogP contribution < -0.4 is 0 Å². The average molecular weight is 300 g/mol. The Hall–Kier alpha value is -2.02. The Morgan fingerprint density at radius 1 is 0.955 bits per heavy atom. The van der Waals surface area contributed by atoms with E-state index in [0.29, 0.717) is 0 Å². The van der Waals surface area contributed by atoms with Crippen LogP contribution in [0.5, 0.6) is 0 Å². The van der Waals surface area contributed by atoms with E-state index in [1.165, 1.54) is 22.2 Å². The smallest absolute Gasteiger partial charge is 0.0488 e. The Morgan fingerprint density at radius 2 is 1.45 bits per heavy atom. The van der Waals surface area contributed by atoms with Crippen LogP contribution in [-0.4, -0.2) is 4.57 Å². The largest absolute Gasteiger partial charge is 0.344 e. The van der Waals surface area contributed by atoms with Crippen molar-refractivity contribution in [2.24, 2.45) is 7.05 Å². The van der Waals surface area contributed by atoms with Gasteiger partial charge in [-0.25, -0.2) is 0 Å². The number of para-hydroxylation sites is 1. The summed E-state index contributed by atoms with van der Waals surface area (Å²) in [4.78, 5) is 0. The monoisotopic (exact) mass is 299 g/mol. The molecule has 22 heavy (non-hydrogen) atoms. The Morgan fingerprint density at radius 3 is 1.91 bits per heavy atom. The highest BCUT2D eigenvalue weighted by Gasteiger charge is 2.08. The molecule has 1 heteroatoms. The van der Waals surface area contributed by atoms with E-state index in [9.17, 15) is 0 Å². The third-order valence-electron chi connectivity index (χ3n) is 2.72. The van der Waals surface area contributed by atoms with Crippen molar-refractivity contribution in [1.82, 2.24) is 4.57 Å². The summed E-state index contributed by atoms with van der Waals surface area (Å²) < 4.78 is 2.18. The number of rotatable bonds is 2. The maximum atomic E-state index is 3.88. The average Bonchev–Trinajstić information content (AvgIpc) is 2.85. The number of hydrogen-bond acceptors (Lipinski definition) is 0. The molecule has 0 N–H and O–H groups in total. The summed E-state index contributed by atoms with van der Waals surface area (Å²) in [5, 5.41) is 1.29. The highest BCUT2D eigenvalue weighted by Crippen LogP contribution is 2.27. The number of benzene rings is 1. The third-order valence-corrected chi connectivity index (χ3v) is 2.72. The Balaban J connectivity index is 0. The highest BCUT2D eigenvalue weighted by atomic mass is 14.9. The number of hydrogen-bond donors (Lipinski definition) is 0. The molecule has 1 nitrogen and oxygen atoms in total. The van der Waals surface area contributed by atoms with Crippen LogP contribution in [0.25, 0.3) is 23.1 Å². The topological polar surface area (TPSA) is 4.93 Å². The first-order chi connectivity index (χ1) is 10.7. The van der Waals surface area contributed by atoms with E-state index in [0.717, 1.165) is 0 Å². The Labute approximate surface area is 137 Å². The summed E-state index contributed by atoms with van der Waals surface area (Å²) in [7, 11) is 2.08. The second-order valence-electron chi connectivity index (χ2n) is 3.99. The molecule has 0 fully saturated rings. The minimum Gasteiger partial charge on any atom is -0.344 e. The van der Waals surface area contributed by atoms with Crippen molar-refractivity contribution in [3.63, 3.8) is 0 Å². The molecule has 2 rings (SSSR count). The van der Waals surface area contributed by atoms with E-state index in [4.69, 9.17) is 0 Å². The van der Waals surface area contributed by atoms with Crippen molar-refractivity contribution in [2.75, 3.05) is 0 Å². The molecular formula is C21H33N. The first kappa shape index (κ1) is 22.3. The molecule has 1 aromatic heterocycles. The van der Waals surface area contributed by atoms with Crippen LogP contribution in [0, 0.1) is 0 Å². The fourth-order valence-electron chi connectivity index (χ4n) is 2.03. The molecule has 122 valence electrons. The van der Waals surface area contributed by atoms with Gasteiger partial charge in [0.1, 0.15) is 0 Å². The molecule has 0 amide bonds. The predicted molar refractivity (Wildman–Crippen MR) is 106 cm³/mol. The molecule has 0 aliphatic rings. The van der Waals surface area contributed by atoms with Crippen molar-refractivity contribution in [2.45, 2.75) is 41.5 Å². The Kier molecular flexibility index (Phi) is 14.1. The van der Waals surface area contributed by atoms with Crippen LogP contribution in [-0.2, 0) is 7.05 Å². The summed E-state index contributed by atoms with van der Waals surface area (Å²) in [6.45, 7) is 19.2. The molecule has 0 saturated heterocycles. The number of fused-ring (bicyclic) bond motifs is 1. The van der Waals surface area contributed by atoms with Crippen molar-refractivity contribution < 1.29 is 0 Å². The molecule has 0 aliphatic carbocycles. The predicted octanol–water partition coefficient (Wildman–Crippen LogP) is 7.10. The number of aromatic nitrogens is 1. The van der Waals surface area contributed by atoms with E-state index >= 15 is 0 Å². The molecule has 1 aromatic carbocycles. The fourth-order valence-corrected chi connectivity index (χ4v) is 2.03. The number of aryl methyl sites for hydroxylation is 1. The lowest BCUT2D eigenvalue weighted by Crippen LogP contribution is -1.90. The summed E-state index contributed by atoms with van der Waals surface area (Å²) in [6, 6.07) is 8.42. The number of allylic oxidation sites excluding steroid dienone is 2. The summed E-state index contributed by atoms with van der Waals surface area (Å²) in [5.41, 5.74) is 3.68. The molecular weight excluding hydrogens is 266 g/mol. The quantitative estimate of drug-likeness (QED) is 0.521. The maximum absolute atomic E-state index is 3.88. The van der Waals surface area contributed by atoms with Crippen molar-refractivity contribution in [3.8, 4) is 0 Å². The summed E-state index contributed by atoms with van der Waals surface area (Å²) >= 11 is 0. The van der Waals surface area contributed by atoms with E-state index < -0.39 is 0 Å². The molecule has 0 radical (unpaired) electrons. The molecule has 0 bridgehead atoms. The molecule has 0 atom stereocenters. The molecule has 0 unspecified atom stereocenters. The molecule has 0 spiro atoms. The molecule has 0 aliphatic heterocycles. The van der Waals surface area contributed by atoms with Gasteiger partial charge in [-0.1, -0.05) is 70.7 Å². The van der Waals surface area contributed by atoms with E-state index in [1.807, 2.05) is 47.6 Å². The minimum atomic E-state index is 1.18. The van der Waals surface area contributed by atoms with Gasteiger partial charge in [-0.2, -0.15) is 0 Å². The van der Waals surface area contributed by atoms with Gasteiger partial charge in [-0.05, 0) is 26.0 Å². The van der Waals surface area contributed by atoms with Crippen LogP contribution in [0.15, 0.2) is 49.6 Å². The van der Waals surface area contributed by atoms with Gasteiger partial charge in [0.25, 0.3) is 0 Å². The van der Waals surface area contributed by atoms with Crippen LogP contribution in [0.3, 0.4) is 0 Å². The molecule has 2 aromatic rings. The van der Waals surface area contributed by atoms with Gasteiger partial charge in [-0.3, -0.25) is 0 Å². The van der Waals surface area contributed by atoms with Gasteiger partial charge in [0.15, 0.2) is 0 Å². The molecule has 1 heterocycles. The number of nitrogens with zero attached hydrogens (tertiary/aromatic N) is 1. The van der Waals surface area contributed by atoms with Crippen LogP contribution in [0.1, 0.15) is 52.8 Å². The minimum absolute atomic E-state index is 1.18. The van der Waals surface area contributed by atoms with Crippen molar-refractivity contribution >= 4 is 23.1 Å². The Bertz CT molecular complexity index is 571. The van der Waals surface area contributed by atoms with Crippen LogP contribution >= 0.6 is 0 Å². The first-order valence-corrected chi connectivity index (χ1v) is 8.10. The lowest BCUT2D eigenvalue weighted by molar-refractivity contribution is 0.953. The zero-order chi connectivity index (χ0) is 17.5. The second-order valence-corrected chi connectivity index (χ2v) is 3.99. The van der Waals surface area contributed by atoms with Gasteiger partial charge in [-0.15, -0.1) is 6.58 Å². The van der Waals surface area contributed by atoms with Crippen molar-refractivity contribution in [1.29, 1.82) is 0 Å². The zero-order valence-electron chi connectivity index (χ0n) is 15.5. The highest BCUT2D eigenvalue weighted by molar-refractivity contribution is 5.93. The second kappa shape index (κ2) is 13.9. The maximum Gasteiger partial charge on any atom is 0.0488 e. The zero-order valence-corrected chi connectivity index (χ0v) is 15.5. The molecule has 0 saturated carbocycles. The van der Waals surface area contributed by atoms with E-state index in [-0.39, 0.29) is 0 Å². The SMILES string of the molecule is C=CC.C=Cc1c(/C=C\C)c2ccccc2n1C.CC.CC. The van der Waals surface area contributed by atoms with Gasteiger partial charge in [0, 0.05) is 29.2 Å². The summed E-state index contributed by atoms with van der Waals surface area (Å²) in [6.07, 6.45) is 7.86. The first-order valence-electron chi connectivity index (χ1n) is 8.10.